The normalized spacial score (nSPS) is 15.7. The van der Waals surface area contributed by atoms with Crippen LogP contribution in [0, 0.1) is 18.7 Å². The van der Waals surface area contributed by atoms with E-state index in [2.05, 4.69) is 10.6 Å². The molecular formula is C26H34FN3O3. The molecule has 1 aliphatic rings. The Kier molecular flexibility index (Phi) is 8.83. The zero-order chi connectivity index (χ0) is 23.8. The van der Waals surface area contributed by atoms with E-state index in [1.807, 2.05) is 45.0 Å². The summed E-state index contributed by atoms with van der Waals surface area (Å²) in [6.45, 7) is 8.73. The number of nitrogens with one attached hydrogen (secondary N) is 2. The van der Waals surface area contributed by atoms with Crippen molar-refractivity contribution in [1.82, 2.24) is 10.2 Å². The number of amides is 2. The van der Waals surface area contributed by atoms with Crippen LogP contribution in [0.3, 0.4) is 0 Å². The highest BCUT2D eigenvalue weighted by molar-refractivity contribution is 5.90. The summed E-state index contributed by atoms with van der Waals surface area (Å²) in [7, 11) is 0. The minimum atomic E-state index is -0.693. The molecule has 1 fully saturated rings. The van der Waals surface area contributed by atoms with Gasteiger partial charge >= 0.3 is 0 Å². The Labute approximate surface area is 195 Å². The number of hydrogen-bond donors (Lipinski definition) is 2. The van der Waals surface area contributed by atoms with Gasteiger partial charge in [-0.25, -0.2) is 4.39 Å². The Morgan fingerprint density at radius 3 is 2.27 bits per heavy atom. The van der Waals surface area contributed by atoms with Gasteiger partial charge in [-0.1, -0.05) is 43.7 Å². The fourth-order valence-electron chi connectivity index (χ4n) is 3.81. The maximum atomic E-state index is 13.5. The van der Waals surface area contributed by atoms with Gasteiger partial charge in [0.2, 0.25) is 11.8 Å². The molecule has 1 heterocycles. The Bertz CT molecular complexity index is 909. The van der Waals surface area contributed by atoms with Gasteiger partial charge in [-0.2, -0.15) is 0 Å². The maximum Gasteiger partial charge on any atom is 0.228 e. The summed E-state index contributed by atoms with van der Waals surface area (Å²) in [5.41, 5.74) is 2.80. The fraction of sp³-hybridized carbons (Fsp3) is 0.462. The molecule has 6 nitrogen and oxygen atoms in total. The Morgan fingerprint density at radius 1 is 1.03 bits per heavy atom. The molecule has 0 bridgehead atoms. The molecule has 178 valence electrons. The first kappa shape index (κ1) is 24.7. The van der Waals surface area contributed by atoms with Crippen LogP contribution in [0.25, 0.3) is 0 Å². The third-order valence-corrected chi connectivity index (χ3v) is 6.04. The van der Waals surface area contributed by atoms with Crippen molar-refractivity contribution in [3.63, 3.8) is 0 Å². The minimum Gasteiger partial charge on any atom is -0.383 e. The summed E-state index contributed by atoms with van der Waals surface area (Å²) in [6.07, 6.45) is 0.0354. The number of aryl methyl sites for hydroxylation is 1. The second-order valence-corrected chi connectivity index (χ2v) is 8.91. The predicted octanol–water partition coefficient (Wildman–Crippen LogP) is 3.72. The van der Waals surface area contributed by atoms with Crippen LogP contribution in [-0.2, 0) is 14.3 Å². The number of morpholine rings is 1. The first-order valence-electron chi connectivity index (χ1n) is 11.6. The standard InChI is InChI=1S/C26H34FN3O3/c1-18(2)24(17-28-22-10-4-19(3)5-11-22)29-26(32)23(20-6-8-21(27)9-7-20)16-25(31)30-12-14-33-15-13-30/h4-11,18,23-24,28H,12-17H2,1-3H3,(H,29,32)/t23-,24+/m0/s1. The molecule has 33 heavy (non-hydrogen) atoms. The lowest BCUT2D eigenvalue weighted by molar-refractivity contribution is -0.138. The molecule has 2 N–H and O–H groups in total. The summed E-state index contributed by atoms with van der Waals surface area (Å²) in [5.74, 6) is -1.22. The molecule has 1 aliphatic heterocycles. The molecular weight excluding hydrogens is 421 g/mol. The van der Waals surface area contributed by atoms with Crippen LogP contribution < -0.4 is 10.6 Å². The predicted molar refractivity (Wildman–Crippen MR) is 128 cm³/mol. The number of benzene rings is 2. The molecule has 0 saturated carbocycles. The molecule has 2 amide bonds. The van der Waals surface area contributed by atoms with E-state index in [9.17, 15) is 14.0 Å². The molecule has 7 heteroatoms. The Balaban J connectivity index is 1.71. The van der Waals surface area contributed by atoms with Crippen LogP contribution in [0.1, 0.15) is 37.3 Å². The van der Waals surface area contributed by atoms with E-state index in [1.54, 1.807) is 17.0 Å². The number of halogens is 1. The van der Waals surface area contributed by atoms with Gasteiger partial charge < -0.3 is 20.3 Å². The van der Waals surface area contributed by atoms with Crippen molar-refractivity contribution in [1.29, 1.82) is 0 Å². The van der Waals surface area contributed by atoms with E-state index in [1.165, 1.54) is 17.7 Å². The van der Waals surface area contributed by atoms with E-state index in [0.717, 1.165) is 5.69 Å². The zero-order valence-corrected chi connectivity index (χ0v) is 19.6. The fourth-order valence-corrected chi connectivity index (χ4v) is 3.81. The van der Waals surface area contributed by atoms with Crippen LogP contribution in [0.5, 0.6) is 0 Å². The largest absolute Gasteiger partial charge is 0.383 e. The summed E-state index contributed by atoms with van der Waals surface area (Å²) >= 11 is 0. The van der Waals surface area contributed by atoms with Crippen molar-refractivity contribution in [2.45, 2.75) is 39.2 Å². The van der Waals surface area contributed by atoms with E-state index >= 15 is 0 Å². The van der Waals surface area contributed by atoms with Gasteiger partial charge in [0.25, 0.3) is 0 Å². The molecule has 1 saturated heterocycles. The van der Waals surface area contributed by atoms with Crippen molar-refractivity contribution in [3.8, 4) is 0 Å². The third-order valence-electron chi connectivity index (χ3n) is 6.04. The molecule has 0 radical (unpaired) electrons. The molecule has 3 rings (SSSR count). The number of ether oxygens (including phenoxy) is 1. The van der Waals surface area contributed by atoms with Gasteiger partial charge in [-0.05, 0) is 42.7 Å². The molecule has 0 aromatic heterocycles. The average molecular weight is 456 g/mol. The molecule has 2 atom stereocenters. The zero-order valence-electron chi connectivity index (χ0n) is 19.6. The summed E-state index contributed by atoms with van der Waals surface area (Å²) in [4.78, 5) is 28.0. The lowest BCUT2D eigenvalue weighted by atomic mass is 9.92. The number of anilines is 1. The van der Waals surface area contributed by atoms with Crippen LogP contribution in [0.2, 0.25) is 0 Å². The number of carbonyl (C=O) groups excluding carboxylic acids is 2. The lowest BCUT2D eigenvalue weighted by Gasteiger charge is -2.30. The van der Waals surface area contributed by atoms with E-state index in [-0.39, 0.29) is 36.0 Å². The molecule has 2 aromatic rings. The summed E-state index contributed by atoms with van der Waals surface area (Å²) in [6, 6.07) is 13.8. The van der Waals surface area contributed by atoms with Gasteiger partial charge in [-0.15, -0.1) is 0 Å². The van der Waals surface area contributed by atoms with Crippen LogP contribution in [0.4, 0.5) is 10.1 Å². The first-order valence-corrected chi connectivity index (χ1v) is 11.6. The van der Waals surface area contributed by atoms with Crippen molar-refractivity contribution in [3.05, 3.63) is 65.5 Å². The van der Waals surface area contributed by atoms with E-state index < -0.39 is 5.92 Å². The highest BCUT2D eigenvalue weighted by Gasteiger charge is 2.29. The van der Waals surface area contributed by atoms with Crippen LogP contribution in [-0.4, -0.2) is 55.6 Å². The second kappa shape index (κ2) is 11.8. The van der Waals surface area contributed by atoms with Gasteiger partial charge in [0, 0.05) is 37.8 Å². The topological polar surface area (TPSA) is 70.7 Å². The maximum absolute atomic E-state index is 13.5. The van der Waals surface area contributed by atoms with Gasteiger partial charge in [0.15, 0.2) is 0 Å². The molecule has 0 aliphatic carbocycles. The van der Waals surface area contributed by atoms with Gasteiger partial charge in [0.1, 0.15) is 5.82 Å². The number of carbonyl (C=O) groups is 2. The van der Waals surface area contributed by atoms with Crippen molar-refractivity contribution >= 4 is 17.5 Å². The smallest absolute Gasteiger partial charge is 0.228 e. The average Bonchev–Trinajstić information content (AvgIpc) is 2.82. The van der Waals surface area contributed by atoms with Crippen LogP contribution >= 0.6 is 0 Å². The Hall–Kier alpha value is -2.93. The highest BCUT2D eigenvalue weighted by atomic mass is 19.1. The summed E-state index contributed by atoms with van der Waals surface area (Å²) < 4.78 is 18.8. The van der Waals surface area contributed by atoms with Crippen molar-refractivity contribution < 1.29 is 18.7 Å². The second-order valence-electron chi connectivity index (χ2n) is 8.91. The third kappa shape index (κ3) is 7.29. The number of rotatable bonds is 9. The monoisotopic (exact) mass is 455 g/mol. The number of hydrogen-bond acceptors (Lipinski definition) is 4. The lowest BCUT2D eigenvalue weighted by Crippen LogP contribution is -2.47. The molecule has 0 unspecified atom stereocenters. The number of nitrogens with zero attached hydrogens (tertiary/aromatic N) is 1. The van der Waals surface area contributed by atoms with E-state index in [4.69, 9.17) is 4.74 Å². The highest BCUT2D eigenvalue weighted by Crippen LogP contribution is 2.23. The van der Waals surface area contributed by atoms with Gasteiger partial charge in [-0.3, -0.25) is 9.59 Å². The van der Waals surface area contributed by atoms with E-state index in [0.29, 0.717) is 38.4 Å². The van der Waals surface area contributed by atoms with Crippen LogP contribution in [0.15, 0.2) is 48.5 Å². The van der Waals surface area contributed by atoms with Crippen molar-refractivity contribution in [2.24, 2.45) is 5.92 Å². The minimum absolute atomic E-state index is 0.0354. The molecule has 2 aromatic carbocycles. The van der Waals surface area contributed by atoms with Gasteiger partial charge in [0.05, 0.1) is 19.1 Å². The molecule has 0 spiro atoms. The SMILES string of the molecule is Cc1ccc(NC[C@@H](NC(=O)[C@@H](CC(=O)N2CCOCC2)c2ccc(F)cc2)C(C)C)cc1. The van der Waals surface area contributed by atoms with Crippen molar-refractivity contribution in [2.75, 3.05) is 38.2 Å². The Morgan fingerprint density at radius 2 is 1.67 bits per heavy atom. The quantitative estimate of drug-likeness (QED) is 0.605. The first-order chi connectivity index (χ1) is 15.8. The summed E-state index contributed by atoms with van der Waals surface area (Å²) in [5, 5.41) is 6.51.